The van der Waals surface area contributed by atoms with Gasteiger partial charge in [-0.3, -0.25) is 9.59 Å². The molecule has 0 spiro atoms. The van der Waals surface area contributed by atoms with Gasteiger partial charge in [0, 0.05) is 30.1 Å². The highest BCUT2D eigenvalue weighted by Gasteiger charge is 2.30. The van der Waals surface area contributed by atoms with Crippen molar-refractivity contribution in [3.05, 3.63) is 84.0 Å². The van der Waals surface area contributed by atoms with Crippen LogP contribution in [0, 0.1) is 16.7 Å². The van der Waals surface area contributed by atoms with Gasteiger partial charge in [0.05, 0.1) is 0 Å². The van der Waals surface area contributed by atoms with Crippen molar-refractivity contribution in [2.45, 2.75) is 61.8 Å². The van der Waals surface area contributed by atoms with Gasteiger partial charge in [-0.2, -0.15) is 0 Å². The van der Waals surface area contributed by atoms with Gasteiger partial charge in [-0.1, -0.05) is 103 Å². The average molecular weight is 476 g/mol. The number of carbonyl (C=O) groups excluding carboxylic acids is 2. The standard InChI is InChI=1S/C17H30.C15H15NO2/c1-9-11-12-14(10-2)15(17(6,7)8)13-16(3,4)5;1-3-16(2)15(18)13-9-5-7-11-6-4-8-12(10-17)14(11)13/h9-12,15H,1,13H2,2-8H3;4-10H,3H2,1-2H3/b12-11-,14-10+;. The lowest BCUT2D eigenvalue weighted by Gasteiger charge is -2.36. The van der Waals surface area contributed by atoms with Crippen LogP contribution in [0.2, 0.25) is 0 Å². The maximum absolute atomic E-state index is 12.3. The molecule has 0 fully saturated rings. The first-order valence-electron chi connectivity index (χ1n) is 12.5. The van der Waals surface area contributed by atoms with E-state index in [1.807, 2.05) is 43.3 Å². The number of fused-ring (bicyclic) bond motifs is 1. The summed E-state index contributed by atoms with van der Waals surface area (Å²) < 4.78 is 0. The summed E-state index contributed by atoms with van der Waals surface area (Å²) in [6, 6.07) is 11.0. The summed E-state index contributed by atoms with van der Waals surface area (Å²) in [5, 5.41) is 1.65. The van der Waals surface area contributed by atoms with Crippen LogP contribution in [0.1, 0.15) is 82.5 Å². The fraction of sp³-hybridized carbons (Fsp3) is 0.438. The van der Waals surface area contributed by atoms with Gasteiger partial charge < -0.3 is 4.90 Å². The van der Waals surface area contributed by atoms with Crippen LogP contribution < -0.4 is 0 Å². The molecule has 0 saturated heterocycles. The molecule has 2 aromatic carbocycles. The van der Waals surface area contributed by atoms with Crippen LogP contribution in [0.4, 0.5) is 0 Å². The second kappa shape index (κ2) is 13.2. The van der Waals surface area contributed by atoms with Gasteiger partial charge in [0.25, 0.3) is 5.91 Å². The molecule has 0 bridgehead atoms. The maximum atomic E-state index is 12.3. The number of nitrogens with zero attached hydrogens (tertiary/aromatic N) is 1. The maximum Gasteiger partial charge on any atom is 0.254 e. The van der Waals surface area contributed by atoms with Gasteiger partial charge in [-0.15, -0.1) is 0 Å². The number of hydrogen-bond donors (Lipinski definition) is 0. The number of allylic oxidation sites excluding steroid dienone is 5. The molecule has 2 aromatic rings. The van der Waals surface area contributed by atoms with E-state index in [4.69, 9.17) is 0 Å². The number of benzene rings is 2. The Morgan fingerprint density at radius 1 is 1.06 bits per heavy atom. The van der Waals surface area contributed by atoms with Crippen molar-refractivity contribution in [1.82, 2.24) is 4.90 Å². The molecule has 0 saturated carbocycles. The summed E-state index contributed by atoms with van der Waals surface area (Å²) in [4.78, 5) is 25.0. The Balaban J connectivity index is 0.000000351. The normalized spacial score (nSPS) is 13.2. The summed E-state index contributed by atoms with van der Waals surface area (Å²) >= 11 is 0. The van der Waals surface area contributed by atoms with Crippen LogP contribution >= 0.6 is 0 Å². The first-order valence-corrected chi connectivity index (χ1v) is 12.5. The zero-order chi connectivity index (χ0) is 26.8. The molecule has 2 rings (SSSR count). The predicted octanol–water partition coefficient (Wildman–Crippen LogP) is 8.52. The molecule has 0 aromatic heterocycles. The highest BCUT2D eigenvalue weighted by molar-refractivity contribution is 6.12. The zero-order valence-corrected chi connectivity index (χ0v) is 23.3. The van der Waals surface area contributed by atoms with Gasteiger partial charge in [-0.25, -0.2) is 0 Å². The molecular weight excluding hydrogens is 430 g/mol. The van der Waals surface area contributed by atoms with Crippen LogP contribution in [0.15, 0.2) is 72.9 Å². The molecular formula is C32H45NO2. The minimum absolute atomic E-state index is 0.0580. The Bertz CT molecular complexity index is 1060. The molecule has 0 N–H and O–H groups in total. The predicted molar refractivity (Wildman–Crippen MR) is 152 cm³/mol. The van der Waals surface area contributed by atoms with E-state index in [1.165, 1.54) is 12.0 Å². The van der Waals surface area contributed by atoms with Crippen LogP contribution in [-0.2, 0) is 0 Å². The molecule has 35 heavy (non-hydrogen) atoms. The Hall–Kier alpha value is -2.94. The fourth-order valence-electron chi connectivity index (χ4n) is 4.12. The molecule has 1 amide bonds. The number of hydrogen-bond acceptors (Lipinski definition) is 2. The molecule has 1 atom stereocenters. The molecule has 0 aliphatic rings. The van der Waals surface area contributed by atoms with Gasteiger partial charge in [-0.05, 0) is 54.0 Å². The van der Waals surface area contributed by atoms with Crippen molar-refractivity contribution >= 4 is 23.0 Å². The van der Waals surface area contributed by atoms with E-state index in [9.17, 15) is 9.59 Å². The first-order chi connectivity index (χ1) is 16.3. The first kappa shape index (κ1) is 30.1. The lowest BCUT2D eigenvalue weighted by molar-refractivity contribution is 0.0804. The van der Waals surface area contributed by atoms with Crippen LogP contribution in [0.5, 0.6) is 0 Å². The van der Waals surface area contributed by atoms with E-state index in [-0.39, 0.29) is 5.91 Å². The van der Waals surface area contributed by atoms with Crippen LogP contribution in [0.3, 0.4) is 0 Å². The lowest BCUT2D eigenvalue weighted by Crippen LogP contribution is -2.26. The Morgan fingerprint density at radius 3 is 2.11 bits per heavy atom. The fourth-order valence-corrected chi connectivity index (χ4v) is 4.12. The molecule has 0 heterocycles. The molecule has 3 nitrogen and oxygen atoms in total. The molecule has 0 aliphatic heterocycles. The quantitative estimate of drug-likeness (QED) is 0.297. The Labute approximate surface area is 213 Å². The largest absolute Gasteiger partial charge is 0.342 e. The summed E-state index contributed by atoms with van der Waals surface area (Å²) in [5.74, 6) is 0.529. The van der Waals surface area contributed by atoms with Crippen molar-refractivity contribution in [1.29, 1.82) is 0 Å². The minimum Gasteiger partial charge on any atom is -0.342 e. The monoisotopic (exact) mass is 475 g/mol. The Morgan fingerprint density at radius 2 is 1.66 bits per heavy atom. The van der Waals surface area contributed by atoms with Gasteiger partial charge >= 0.3 is 0 Å². The lowest BCUT2D eigenvalue weighted by atomic mass is 9.68. The third kappa shape index (κ3) is 8.98. The highest BCUT2D eigenvalue weighted by atomic mass is 16.2. The molecule has 0 aliphatic carbocycles. The van der Waals surface area contributed by atoms with E-state index in [0.29, 0.717) is 34.4 Å². The van der Waals surface area contributed by atoms with E-state index < -0.39 is 0 Å². The van der Waals surface area contributed by atoms with Gasteiger partial charge in [0.15, 0.2) is 6.29 Å². The minimum atomic E-state index is -0.0580. The molecule has 3 heteroatoms. The summed E-state index contributed by atoms with van der Waals surface area (Å²) in [6.07, 6.45) is 10.3. The summed E-state index contributed by atoms with van der Waals surface area (Å²) in [6.45, 7) is 22.4. The van der Waals surface area contributed by atoms with Crippen LogP contribution in [0.25, 0.3) is 10.8 Å². The summed E-state index contributed by atoms with van der Waals surface area (Å²) in [7, 11) is 1.75. The second-order valence-corrected chi connectivity index (χ2v) is 11.3. The zero-order valence-electron chi connectivity index (χ0n) is 23.3. The third-order valence-corrected chi connectivity index (χ3v) is 6.14. The van der Waals surface area contributed by atoms with Crippen molar-refractivity contribution in [2.75, 3.05) is 13.6 Å². The van der Waals surface area contributed by atoms with Gasteiger partial charge in [0.1, 0.15) is 0 Å². The number of carbonyl (C=O) groups is 2. The van der Waals surface area contributed by atoms with Crippen molar-refractivity contribution in [2.24, 2.45) is 16.7 Å². The van der Waals surface area contributed by atoms with Gasteiger partial charge in [0.2, 0.25) is 0 Å². The SMILES string of the molecule is C=C/C=C\C(=C/C)C(CC(C)(C)C)C(C)(C)C.CCN(C)C(=O)c1cccc2cccc(C=O)c12. The number of rotatable bonds is 7. The average Bonchev–Trinajstić information content (AvgIpc) is 2.81. The third-order valence-electron chi connectivity index (χ3n) is 6.14. The molecule has 190 valence electrons. The van der Waals surface area contributed by atoms with Crippen molar-refractivity contribution in [3.63, 3.8) is 0 Å². The topological polar surface area (TPSA) is 37.4 Å². The van der Waals surface area contributed by atoms with Crippen LogP contribution in [-0.4, -0.2) is 30.7 Å². The summed E-state index contributed by atoms with van der Waals surface area (Å²) in [5.41, 5.74) is 3.21. The van der Waals surface area contributed by atoms with E-state index in [2.05, 4.69) is 67.2 Å². The van der Waals surface area contributed by atoms with Crippen molar-refractivity contribution in [3.8, 4) is 0 Å². The van der Waals surface area contributed by atoms with E-state index >= 15 is 0 Å². The number of amides is 1. The number of aldehydes is 1. The van der Waals surface area contributed by atoms with E-state index in [1.54, 1.807) is 24.1 Å². The second-order valence-electron chi connectivity index (χ2n) is 11.3. The van der Waals surface area contributed by atoms with Crippen molar-refractivity contribution < 1.29 is 9.59 Å². The highest BCUT2D eigenvalue weighted by Crippen LogP contribution is 2.40. The van der Waals surface area contributed by atoms with E-state index in [0.717, 1.165) is 17.1 Å². The molecule has 0 radical (unpaired) electrons. The Kier molecular flexibility index (Phi) is 11.4. The smallest absolute Gasteiger partial charge is 0.254 e. The molecule has 1 unspecified atom stereocenters.